The predicted molar refractivity (Wildman–Crippen MR) is 71.3 cm³/mol. The first kappa shape index (κ1) is 14.7. The molecular formula is C12H18ClN3O2. The van der Waals surface area contributed by atoms with Gasteiger partial charge in [0, 0.05) is 18.7 Å². The number of aromatic nitrogens is 2. The predicted octanol–water partition coefficient (Wildman–Crippen LogP) is 1.28. The third kappa shape index (κ3) is 3.58. The van der Waals surface area contributed by atoms with Crippen LogP contribution in [0.3, 0.4) is 0 Å². The van der Waals surface area contributed by atoms with Crippen LogP contribution < -0.4 is 5.32 Å². The molecule has 1 aromatic rings. The highest BCUT2D eigenvalue weighted by molar-refractivity contribution is 6.31. The summed E-state index contributed by atoms with van der Waals surface area (Å²) in [5.74, 6) is -0.254. The van der Waals surface area contributed by atoms with Gasteiger partial charge in [-0.05, 0) is 19.4 Å². The van der Waals surface area contributed by atoms with Gasteiger partial charge in [0.25, 0.3) is 0 Å². The maximum atomic E-state index is 11.6. The van der Waals surface area contributed by atoms with Crippen molar-refractivity contribution in [1.82, 2.24) is 15.1 Å². The number of carbonyl (C=O) groups excluding carboxylic acids is 1. The molecular weight excluding hydrogens is 254 g/mol. The van der Waals surface area contributed by atoms with Crippen LogP contribution in [0.25, 0.3) is 6.08 Å². The van der Waals surface area contributed by atoms with E-state index in [1.165, 1.54) is 6.08 Å². The van der Waals surface area contributed by atoms with Crippen LogP contribution in [0, 0.1) is 6.92 Å². The molecule has 18 heavy (non-hydrogen) atoms. The number of aliphatic hydroxyl groups is 1. The first-order chi connectivity index (χ1) is 8.49. The lowest BCUT2D eigenvalue weighted by atomic mass is 10.2. The van der Waals surface area contributed by atoms with E-state index in [0.29, 0.717) is 11.6 Å². The van der Waals surface area contributed by atoms with Gasteiger partial charge >= 0.3 is 0 Å². The molecule has 2 N–H and O–H groups in total. The van der Waals surface area contributed by atoms with Gasteiger partial charge in [-0.2, -0.15) is 5.10 Å². The van der Waals surface area contributed by atoms with Crippen LogP contribution >= 0.6 is 11.6 Å². The number of hydrogen-bond donors (Lipinski definition) is 2. The van der Waals surface area contributed by atoms with Crippen LogP contribution in [0.15, 0.2) is 6.08 Å². The van der Waals surface area contributed by atoms with Crippen LogP contribution in [0.4, 0.5) is 0 Å². The van der Waals surface area contributed by atoms with Gasteiger partial charge in [-0.1, -0.05) is 18.5 Å². The van der Waals surface area contributed by atoms with E-state index in [1.807, 2.05) is 13.8 Å². The van der Waals surface area contributed by atoms with Crippen molar-refractivity contribution in [2.24, 2.45) is 7.05 Å². The Labute approximate surface area is 111 Å². The zero-order valence-corrected chi connectivity index (χ0v) is 11.5. The van der Waals surface area contributed by atoms with Crippen LogP contribution in [0.5, 0.6) is 0 Å². The Morgan fingerprint density at radius 2 is 2.33 bits per heavy atom. The molecule has 0 radical (unpaired) electrons. The van der Waals surface area contributed by atoms with Gasteiger partial charge in [0.1, 0.15) is 5.15 Å². The summed E-state index contributed by atoms with van der Waals surface area (Å²) in [6, 6.07) is -0.215. The molecule has 0 aromatic carbocycles. The van der Waals surface area contributed by atoms with Crippen molar-refractivity contribution in [3.05, 3.63) is 22.5 Å². The Hall–Kier alpha value is -1.33. The second-order valence-corrected chi connectivity index (χ2v) is 4.40. The van der Waals surface area contributed by atoms with Gasteiger partial charge in [-0.25, -0.2) is 0 Å². The summed E-state index contributed by atoms with van der Waals surface area (Å²) in [6.45, 7) is 3.65. The molecule has 0 aliphatic heterocycles. The van der Waals surface area contributed by atoms with Gasteiger partial charge in [-0.15, -0.1) is 0 Å². The third-order valence-corrected chi connectivity index (χ3v) is 3.11. The summed E-state index contributed by atoms with van der Waals surface area (Å²) < 4.78 is 1.55. The van der Waals surface area contributed by atoms with Crippen LogP contribution in [0.1, 0.15) is 24.6 Å². The summed E-state index contributed by atoms with van der Waals surface area (Å²) in [5.41, 5.74) is 1.49. The van der Waals surface area contributed by atoms with Crippen molar-refractivity contribution in [2.45, 2.75) is 26.3 Å². The normalized spacial score (nSPS) is 12.9. The molecule has 0 aliphatic rings. The second kappa shape index (κ2) is 6.56. The number of halogens is 1. The Morgan fingerprint density at radius 1 is 1.67 bits per heavy atom. The molecule has 6 heteroatoms. The van der Waals surface area contributed by atoms with Crippen molar-refractivity contribution >= 4 is 23.6 Å². The van der Waals surface area contributed by atoms with Crippen LogP contribution in [-0.2, 0) is 11.8 Å². The van der Waals surface area contributed by atoms with Crippen molar-refractivity contribution in [3.63, 3.8) is 0 Å². The summed E-state index contributed by atoms with van der Waals surface area (Å²) in [5, 5.41) is 16.3. The molecule has 1 atom stereocenters. The molecule has 1 aromatic heterocycles. The minimum absolute atomic E-state index is 0.0667. The maximum Gasteiger partial charge on any atom is 0.244 e. The van der Waals surface area contributed by atoms with Crippen molar-refractivity contribution < 1.29 is 9.90 Å². The SMILES string of the molecule is CCC(CO)NC(=O)/C=C/c1c(C)nn(C)c1Cl. The van der Waals surface area contributed by atoms with E-state index >= 15 is 0 Å². The average molecular weight is 272 g/mol. The zero-order chi connectivity index (χ0) is 13.7. The molecule has 100 valence electrons. The van der Waals surface area contributed by atoms with Gasteiger partial charge in [0.15, 0.2) is 0 Å². The molecule has 5 nitrogen and oxygen atoms in total. The number of nitrogens with one attached hydrogen (secondary N) is 1. The monoisotopic (exact) mass is 271 g/mol. The Balaban J connectivity index is 2.72. The Kier molecular flexibility index (Phi) is 5.37. The van der Waals surface area contributed by atoms with Gasteiger partial charge < -0.3 is 10.4 Å². The number of nitrogens with zero attached hydrogens (tertiary/aromatic N) is 2. The lowest BCUT2D eigenvalue weighted by Gasteiger charge is -2.11. The molecule has 1 rings (SSSR count). The van der Waals surface area contributed by atoms with Gasteiger partial charge in [-0.3, -0.25) is 9.48 Å². The molecule has 0 saturated carbocycles. The molecule has 0 spiro atoms. The zero-order valence-electron chi connectivity index (χ0n) is 10.8. The molecule has 0 fully saturated rings. The van der Waals surface area contributed by atoms with Crippen molar-refractivity contribution in [2.75, 3.05) is 6.61 Å². The lowest BCUT2D eigenvalue weighted by molar-refractivity contribution is -0.117. The van der Waals surface area contributed by atoms with Crippen molar-refractivity contribution in [1.29, 1.82) is 0 Å². The van der Waals surface area contributed by atoms with E-state index in [2.05, 4.69) is 10.4 Å². The van der Waals surface area contributed by atoms with E-state index < -0.39 is 0 Å². The van der Waals surface area contributed by atoms with Gasteiger partial charge in [0.2, 0.25) is 5.91 Å². The van der Waals surface area contributed by atoms with Gasteiger partial charge in [0.05, 0.1) is 18.3 Å². The van der Waals surface area contributed by atoms with Crippen molar-refractivity contribution in [3.8, 4) is 0 Å². The number of carbonyl (C=O) groups is 1. The summed E-state index contributed by atoms with van der Waals surface area (Å²) in [6.07, 6.45) is 3.71. The molecule has 1 heterocycles. The Bertz CT molecular complexity index is 450. The van der Waals surface area contributed by atoms with E-state index in [9.17, 15) is 4.79 Å². The minimum Gasteiger partial charge on any atom is -0.394 e. The number of rotatable bonds is 5. The molecule has 1 unspecified atom stereocenters. The highest BCUT2D eigenvalue weighted by Gasteiger charge is 2.09. The average Bonchev–Trinajstić information content (AvgIpc) is 2.58. The fourth-order valence-corrected chi connectivity index (χ4v) is 1.76. The smallest absolute Gasteiger partial charge is 0.244 e. The molecule has 0 bridgehead atoms. The summed E-state index contributed by atoms with van der Waals surface area (Å²) >= 11 is 6.04. The number of hydrogen-bond acceptors (Lipinski definition) is 3. The molecule has 1 amide bonds. The minimum atomic E-state index is -0.254. The van der Waals surface area contributed by atoms with Crippen LogP contribution in [0.2, 0.25) is 5.15 Å². The third-order valence-electron chi connectivity index (χ3n) is 2.66. The first-order valence-corrected chi connectivity index (χ1v) is 6.15. The Morgan fingerprint density at radius 3 is 2.78 bits per heavy atom. The maximum absolute atomic E-state index is 11.6. The molecule has 0 aliphatic carbocycles. The summed E-state index contributed by atoms with van der Waals surface area (Å²) in [7, 11) is 1.74. The standard InChI is InChI=1S/C12H18ClN3O2/c1-4-9(7-17)14-11(18)6-5-10-8(2)15-16(3)12(10)13/h5-6,9,17H,4,7H2,1-3H3,(H,14,18)/b6-5+. The first-order valence-electron chi connectivity index (χ1n) is 5.78. The largest absolute Gasteiger partial charge is 0.394 e. The van der Waals surface area contributed by atoms with E-state index in [1.54, 1.807) is 17.8 Å². The molecule has 0 saturated heterocycles. The lowest BCUT2D eigenvalue weighted by Crippen LogP contribution is -2.35. The highest BCUT2D eigenvalue weighted by Crippen LogP contribution is 2.19. The topological polar surface area (TPSA) is 67.2 Å². The number of aliphatic hydroxyl groups excluding tert-OH is 1. The van der Waals surface area contributed by atoms with E-state index in [4.69, 9.17) is 16.7 Å². The summed E-state index contributed by atoms with van der Waals surface area (Å²) in [4.78, 5) is 11.6. The van der Waals surface area contributed by atoms with Crippen LogP contribution in [-0.4, -0.2) is 33.4 Å². The second-order valence-electron chi connectivity index (χ2n) is 4.04. The fraction of sp³-hybridized carbons (Fsp3) is 0.500. The number of amides is 1. The highest BCUT2D eigenvalue weighted by atomic mass is 35.5. The number of aryl methyl sites for hydroxylation is 2. The van der Waals surface area contributed by atoms with E-state index in [0.717, 1.165) is 11.3 Å². The quantitative estimate of drug-likeness (QED) is 0.793. The fourth-order valence-electron chi connectivity index (χ4n) is 1.52. The van der Waals surface area contributed by atoms with E-state index in [-0.39, 0.29) is 18.6 Å².